The highest BCUT2D eigenvalue weighted by Crippen LogP contribution is 2.30. The largest absolute Gasteiger partial charge is 0.370 e. The maximum Gasteiger partial charge on any atom is 0.248 e. The molecule has 1 fully saturated rings. The van der Waals surface area contributed by atoms with Crippen LogP contribution in [0.25, 0.3) is 0 Å². The molecule has 130 valence electrons. The second-order valence-electron chi connectivity index (χ2n) is 5.94. The number of carbonyl (C=O) groups excluding carboxylic acids is 2. The molecule has 0 unspecified atom stereocenters. The van der Waals surface area contributed by atoms with Crippen LogP contribution in [0.2, 0.25) is 0 Å². The second-order valence-corrected chi connectivity index (χ2v) is 6.99. The summed E-state index contributed by atoms with van der Waals surface area (Å²) in [6, 6.07) is 15.0. The number of nitrogens with two attached hydrogens (primary N) is 1. The first-order chi connectivity index (χ1) is 12.1. The highest BCUT2D eigenvalue weighted by molar-refractivity contribution is 8.00. The molecule has 2 aromatic carbocycles. The number of benzene rings is 2. The van der Waals surface area contributed by atoms with E-state index in [0.717, 1.165) is 36.5 Å². The number of nitrogens with one attached hydrogen (secondary N) is 1. The molecule has 2 aromatic rings. The van der Waals surface area contributed by atoms with Gasteiger partial charge in [0.05, 0.1) is 17.1 Å². The molecule has 5 nitrogen and oxygen atoms in total. The molecular formula is C19H21N3O2S. The van der Waals surface area contributed by atoms with Crippen LogP contribution in [0.15, 0.2) is 53.4 Å². The highest BCUT2D eigenvalue weighted by atomic mass is 32.2. The van der Waals surface area contributed by atoms with Crippen LogP contribution in [0.5, 0.6) is 0 Å². The first kappa shape index (κ1) is 17.4. The summed E-state index contributed by atoms with van der Waals surface area (Å²) in [6.07, 6.45) is 2.27. The minimum Gasteiger partial charge on any atom is -0.370 e. The zero-order valence-corrected chi connectivity index (χ0v) is 14.7. The molecule has 3 N–H and O–H groups in total. The number of rotatable bonds is 6. The van der Waals surface area contributed by atoms with Crippen molar-refractivity contribution in [1.29, 1.82) is 0 Å². The average molecular weight is 355 g/mol. The van der Waals surface area contributed by atoms with Gasteiger partial charge in [-0.05, 0) is 43.2 Å². The monoisotopic (exact) mass is 355 g/mol. The highest BCUT2D eigenvalue weighted by Gasteiger charge is 2.18. The summed E-state index contributed by atoms with van der Waals surface area (Å²) in [5.41, 5.74) is 7.37. The van der Waals surface area contributed by atoms with Crippen LogP contribution < -0.4 is 16.0 Å². The molecule has 1 aliphatic rings. The first-order valence-corrected chi connectivity index (χ1v) is 9.28. The lowest BCUT2D eigenvalue weighted by Crippen LogP contribution is -2.22. The average Bonchev–Trinajstić information content (AvgIpc) is 3.15. The summed E-state index contributed by atoms with van der Waals surface area (Å²) in [7, 11) is 0. The molecule has 6 heteroatoms. The Morgan fingerprint density at radius 2 is 1.80 bits per heavy atom. The molecule has 1 saturated heterocycles. The quantitative estimate of drug-likeness (QED) is 0.781. The van der Waals surface area contributed by atoms with E-state index in [-0.39, 0.29) is 5.91 Å². The van der Waals surface area contributed by atoms with E-state index in [9.17, 15) is 9.59 Å². The van der Waals surface area contributed by atoms with Gasteiger partial charge in [-0.15, -0.1) is 11.8 Å². The SMILES string of the molecule is NC(=O)c1ccc(N2CCCC2)c(NC(=O)CSc2ccccc2)c1. The van der Waals surface area contributed by atoms with Crippen molar-refractivity contribution in [2.75, 3.05) is 29.1 Å². The van der Waals surface area contributed by atoms with Crippen molar-refractivity contribution in [2.24, 2.45) is 5.73 Å². The molecule has 0 atom stereocenters. The molecule has 1 heterocycles. The van der Waals surface area contributed by atoms with Gasteiger partial charge in [0.2, 0.25) is 11.8 Å². The Morgan fingerprint density at radius 1 is 1.08 bits per heavy atom. The second kappa shape index (κ2) is 8.07. The number of thioether (sulfide) groups is 1. The minimum atomic E-state index is -0.498. The van der Waals surface area contributed by atoms with E-state index in [4.69, 9.17) is 5.73 Å². The predicted molar refractivity (Wildman–Crippen MR) is 102 cm³/mol. The van der Waals surface area contributed by atoms with Gasteiger partial charge in [0.25, 0.3) is 0 Å². The fourth-order valence-electron chi connectivity index (χ4n) is 2.88. The van der Waals surface area contributed by atoms with Gasteiger partial charge >= 0.3 is 0 Å². The van der Waals surface area contributed by atoms with E-state index in [1.807, 2.05) is 36.4 Å². The van der Waals surface area contributed by atoms with Crippen LogP contribution in [-0.4, -0.2) is 30.7 Å². The molecule has 0 bridgehead atoms. The Balaban J connectivity index is 1.73. The molecular weight excluding hydrogens is 334 g/mol. The van der Waals surface area contributed by atoms with E-state index >= 15 is 0 Å². The van der Waals surface area contributed by atoms with Crippen molar-refractivity contribution in [2.45, 2.75) is 17.7 Å². The third-order valence-electron chi connectivity index (χ3n) is 4.12. The van der Waals surface area contributed by atoms with Gasteiger partial charge in [-0.1, -0.05) is 18.2 Å². The maximum atomic E-state index is 12.4. The van der Waals surface area contributed by atoms with Gasteiger partial charge in [-0.2, -0.15) is 0 Å². The zero-order valence-electron chi connectivity index (χ0n) is 13.9. The Hall–Kier alpha value is -2.47. The van der Waals surface area contributed by atoms with E-state index in [2.05, 4.69) is 10.2 Å². The van der Waals surface area contributed by atoms with Gasteiger partial charge in [0.15, 0.2) is 0 Å². The van der Waals surface area contributed by atoms with Crippen molar-refractivity contribution < 1.29 is 9.59 Å². The lowest BCUT2D eigenvalue weighted by atomic mass is 10.1. The van der Waals surface area contributed by atoms with Gasteiger partial charge in [0.1, 0.15) is 0 Å². The molecule has 2 amide bonds. The van der Waals surface area contributed by atoms with Crippen molar-refractivity contribution in [1.82, 2.24) is 0 Å². The lowest BCUT2D eigenvalue weighted by Gasteiger charge is -2.22. The summed E-state index contributed by atoms with van der Waals surface area (Å²) in [5.74, 6) is -0.289. The van der Waals surface area contributed by atoms with Gasteiger partial charge in [-0.3, -0.25) is 9.59 Å². The van der Waals surface area contributed by atoms with Crippen LogP contribution in [0.1, 0.15) is 23.2 Å². The zero-order chi connectivity index (χ0) is 17.6. The van der Waals surface area contributed by atoms with Crippen molar-refractivity contribution in [3.63, 3.8) is 0 Å². The number of carbonyl (C=O) groups is 2. The van der Waals surface area contributed by atoms with Crippen LogP contribution in [0.4, 0.5) is 11.4 Å². The fraction of sp³-hybridized carbons (Fsp3) is 0.263. The Bertz CT molecular complexity index is 759. The molecule has 3 rings (SSSR count). The molecule has 0 radical (unpaired) electrons. The number of amides is 2. The van der Waals surface area contributed by atoms with E-state index in [0.29, 0.717) is 17.0 Å². The minimum absolute atomic E-state index is 0.101. The first-order valence-electron chi connectivity index (χ1n) is 8.30. The predicted octanol–water partition coefficient (Wildman–Crippen LogP) is 3.12. The third kappa shape index (κ3) is 4.54. The normalized spacial score (nSPS) is 13.7. The lowest BCUT2D eigenvalue weighted by molar-refractivity contribution is -0.113. The number of hydrogen-bond acceptors (Lipinski definition) is 4. The van der Waals surface area contributed by atoms with Gasteiger partial charge in [0, 0.05) is 23.5 Å². The topological polar surface area (TPSA) is 75.4 Å². The summed E-state index contributed by atoms with van der Waals surface area (Å²) >= 11 is 1.48. The standard InChI is InChI=1S/C19H21N3O2S/c20-19(24)14-8-9-17(22-10-4-5-11-22)16(12-14)21-18(23)13-25-15-6-2-1-3-7-15/h1-3,6-9,12H,4-5,10-11,13H2,(H2,20,24)(H,21,23). The summed E-state index contributed by atoms with van der Waals surface area (Å²) < 4.78 is 0. The molecule has 0 spiro atoms. The smallest absolute Gasteiger partial charge is 0.248 e. The van der Waals surface area contributed by atoms with Crippen LogP contribution in [0, 0.1) is 0 Å². The van der Waals surface area contributed by atoms with Crippen molar-refractivity contribution in [3.05, 3.63) is 54.1 Å². The van der Waals surface area contributed by atoms with E-state index in [1.54, 1.807) is 12.1 Å². The summed E-state index contributed by atoms with van der Waals surface area (Å²) in [4.78, 5) is 27.1. The Morgan fingerprint density at radius 3 is 2.48 bits per heavy atom. The maximum absolute atomic E-state index is 12.4. The number of nitrogens with zero attached hydrogens (tertiary/aromatic N) is 1. The number of anilines is 2. The van der Waals surface area contributed by atoms with Gasteiger partial charge < -0.3 is 16.0 Å². The van der Waals surface area contributed by atoms with E-state index in [1.165, 1.54) is 11.8 Å². The van der Waals surface area contributed by atoms with Crippen LogP contribution >= 0.6 is 11.8 Å². The number of primary amides is 1. The molecule has 0 aliphatic carbocycles. The molecule has 1 aliphatic heterocycles. The van der Waals surface area contributed by atoms with Crippen LogP contribution in [-0.2, 0) is 4.79 Å². The number of hydrogen-bond donors (Lipinski definition) is 2. The molecule has 25 heavy (non-hydrogen) atoms. The van der Waals surface area contributed by atoms with Crippen LogP contribution in [0.3, 0.4) is 0 Å². The van der Waals surface area contributed by atoms with Gasteiger partial charge in [-0.25, -0.2) is 0 Å². The van der Waals surface area contributed by atoms with Crippen molar-refractivity contribution in [3.8, 4) is 0 Å². The fourth-order valence-corrected chi connectivity index (χ4v) is 3.59. The third-order valence-corrected chi connectivity index (χ3v) is 5.13. The summed E-state index contributed by atoms with van der Waals surface area (Å²) in [6.45, 7) is 1.91. The molecule has 0 aromatic heterocycles. The van der Waals surface area contributed by atoms with E-state index < -0.39 is 5.91 Å². The Labute approximate surface area is 151 Å². The summed E-state index contributed by atoms with van der Waals surface area (Å²) in [5, 5.41) is 2.94. The van der Waals surface area contributed by atoms with Crippen molar-refractivity contribution >= 4 is 35.0 Å². The Kier molecular flexibility index (Phi) is 5.60. The molecule has 0 saturated carbocycles.